The van der Waals surface area contributed by atoms with Crippen LogP contribution in [0.15, 0.2) is 18.5 Å². The molecule has 0 fully saturated rings. The van der Waals surface area contributed by atoms with E-state index < -0.39 is 12.1 Å². The summed E-state index contributed by atoms with van der Waals surface area (Å²) in [4.78, 5) is 10.5. The van der Waals surface area contributed by atoms with Gasteiger partial charge in [0.15, 0.2) is 6.10 Å². The third-order valence-corrected chi connectivity index (χ3v) is 2.95. The van der Waals surface area contributed by atoms with Gasteiger partial charge in [-0.2, -0.15) is 0 Å². The predicted octanol–water partition coefficient (Wildman–Crippen LogP) is 0.547. The first-order chi connectivity index (χ1) is 8.18. The molecule has 1 atom stereocenters. The molecular formula is C11H15N3O3. The number of hydrogen-bond acceptors (Lipinski definition) is 4. The number of aliphatic hydroxyl groups excluding tert-OH is 1. The van der Waals surface area contributed by atoms with E-state index in [1.54, 1.807) is 6.33 Å². The molecule has 0 aromatic carbocycles. The average molecular weight is 237 g/mol. The standard InChI is InChI=1S/C11H15N3O3/c15-9(11(16)17)5-6-14-7-12-13-10(14)8-3-1-2-4-8/h1-2,7-9,15H,3-6H2,(H,16,17). The summed E-state index contributed by atoms with van der Waals surface area (Å²) in [6.07, 6.45) is 6.53. The largest absolute Gasteiger partial charge is 0.479 e. The molecule has 1 unspecified atom stereocenters. The molecule has 0 spiro atoms. The molecule has 1 aromatic rings. The van der Waals surface area contributed by atoms with Crippen molar-refractivity contribution < 1.29 is 15.0 Å². The molecule has 0 bridgehead atoms. The number of hydrogen-bond donors (Lipinski definition) is 2. The molecule has 0 saturated carbocycles. The van der Waals surface area contributed by atoms with Gasteiger partial charge in [0.2, 0.25) is 0 Å². The minimum absolute atomic E-state index is 0.167. The first-order valence-electron chi connectivity index (χ1n) is 5.62. The Morgan fingerprint density at radius 1 is 1.53 bits per heavy atom. The van der Waals surface area contributed by atoms with Gasteiger partial charge in [-0.3, -0.25) is 0 Å². The maximum atomic E-state index is 10.5. The lowest BCUT2D eigenvalue weighted by molar-refractivity contribution is -0.147. The van der Waals surface area contributed by atoms with Crippen molar-refractivity contribution in [2.75, 3.05) is 0 Å². The van der Waals surface area contributed by atoms with E-state index >= 15 is 0 Å². The second-order valence-corrected chi connectivity index (χ2v) is 4.16. The Hall–Kier alpha value is -1.69. The molecular weight excluding hydrogens is 222 g/mol. The monoisotopic (exact) mass is 237 g/mol. The summed E-state index contributed by atoms with van der Waals surface area (Å²) in [5.74, 6) is 0.00853. The first kappa shape index (κ1) is 11.8. The second-order valence-electron chi connectivity index (χ2n) is 4.16. The fourth-order valence-corrected chi connectivity index (χ4v) is 1.97. The number of aromatic nitrogens is 3. The molecule has 6 nitrogen and oxygen atoms in total. The van der Waals surface area contributed by atoms with Crippen molar-refractivity contribution >= 4 is 5.97 Å². The Bertz CT molecular complexity index is 419. The van der Waals surface area contributed by atoms with E-state index in [0.717, 1.165) is 18.7 Å². The summed E-state index contributed by atoms with van der Waals surface area (Å²) in [5.41, 5.74) is 0. The second kappa shape index (κ2) is 5.09. The fourth-order valence-electron chi connectivity index (χ4n) is 1.97. The minimum Gasteiger partial charge on any atom is -0.479 e. The number of carboxylic acid groups (broad SMARTS) is 1. The van der Waals surface area contributed by atoms with Crippen LogP contribution in [0.25, 0.3) is 0 Å². The van der Waals surface area contributed by atoms with E-state index in [1.165, 1.54) is 0 Å². The molecule has 17 heavy (non-hydrogen) atoms. The van der Waals surface area contributed by atoms with Gasteiger partial charge in [-0.05, 0) is 12.8 Å². The van der Waals surface area contributed by atoms with Crippen molar-refractivity contribution in [2.45, 2.75) is 37.8 Å². The highest BCUT2D eigenvalue weighted by Crippen LogP contribution is 2.27. The van der Waals surface area contributed by atoms with Crippen molar-refractivity contribution in [2.24, 2.45) is 0 Å². The van der Waals surface area contributed by atoms with Crippen LogP contribution in [-0.2, 0) is 11.3 Å². The molecule has 2 N–H and O–H groups in total. The van der Waals surface area contributed by atoms with E-state index in [0.29, 0.717) is 12.5 Å². The number of nitrogens with zero attached hydrogens (tertiary/aromatic N) is 3. The van der Waals surface area contributed by atoms with Crippen LogP contribution < -0.4 is 0 Å². The van der Waals surface area contributed by atoms with Crippen molar-refractivity contribution in [1.82, 2.24) is 14.8 Å². The first-order valence-corrected chi connectivity index (χ1v) is 5.62. The predicted molar refractivity (Wildman–Crippen MR) is 59.4 cm³/mol. The molecule has 2 rings (SSSR count). The number of aliphatic carboxylic acids is 1. The van der Waals surface area contributed by atoms with Gasteiger partial charge in [0, 0.05) is 18.9 Å². The molecule has 92 valence electrons. The normalized spacial score (nSPS) is 17.5. The maximum Gasteiger partial charge on any atom is 0.332 e. The van der Waals surface area contributed by atoms with Gasteiger partial charge in [0.05, 0.1) is 0 Å². The molecule has 0 aliphatic heterocycles. The van der Waals surface area contributed by atoms with Gasteiger partial charge >= 0.3 is 5.97 Å². The van der Waals surface area contributed by atoms with E-state index in [4.69, 9.17) is 5.11 Å². The number of aryl methyl sites for hydroxylation is 1. The van der Waals surface area contributed by atoms with Crippen LogP contribution in [0.2, 0.25) is 0 Å². The Kier molecular flexibility index (Phi) is 3.53. The van der Waals surface area contributed by atoms with E-state index in [9.17, 15) is 9.90 Å². The summed E-state index contributed by atoms with van der Waals surface area (Å²) in [6.45, 7) is 0.423. The van der Waals surface area contributed by atoms with Crippen molar-refractivity contribution in [3.8, 4) is 0 Å². The lowest BCUT2D eigenvalue weighted by Gasteiger charge is -2.12. The molecule has 6 heteroatoms. The molecule has 1 aromatic heterocycles. The van der Waals surface area contributed by atoms with E-state index in [1.807, 2.05) is 4.57 Å². The molecule has 0 saturated heterocycles. The van der Waals surface area contributed by atoms with Crippen LogP contribution in [0, 0.1) is 0 Å². The topological polar surface area (TPSA) is 88.2 Å². The fraction of sp³-hybridized carbons (Fsp3) is 0.545. The Morgan fingerprint density at radius 3 is 2.88 bits per heavy atom. The zero-order chi connectivity index (χ0) is 12.3. The quantitative estimate of drug-likeness (QED) is 0.730. The van der Waals surface area contributed by atoms with Gasteiger partial charge in [0.25, 0.3) is 0 Å². The van der Waals surface area contributed by atoms with Crippen LogP contribution in [0.4, 0.5) is 0 Å². The summed E-state index contributed by atoms with van der Waals surface area (Å²) in [6, 6.07) is 0. The average Bonchev–Trinajstić information content (AvgIpc) is 2.95. The van der Waals surface area contributed by atoms with Gasteiger partial charge in [-0.25, -0.2) is 4.79 Å². The van der Waals surface area contributed by atoms with Gasteiger partial charge < -0.3 is 14.8 Å². The van der Waals surface area contributed by atoms with Crippen molar-refractivity contribution in [3.05, 3.63) is 24.3 Å². The lowest BCUT2D eigenvalue weighted by atomic mass is 10.1. The van der Waals surface area contributed by atoms with Crippen LogP contribution in [0.3, 0.4) is 0 Å². The number of carbonyl (C=O) groups is 1. The zero-order valence-electron chi connectivity index (χ0n) is 9.36. The number of rotatable bonds is 5. The molecule has 0 amide bonds. The van der Waals surface area contributed by atoms with Gasteiger partial charge in [0.1, 0.15) is 12.2 Å². The van der Waals surface area contributed by atoms with E-state index in [2.05, 4.69) is 22.3 Å². The highest BCUT2D eigenvalue weighted by atomic mass is 16.4. The molecule has 1 aliphatic rings. The highest BCUT2D eigenvalue weighted by Gasteiger charge is 2.20. The SMILES string of the molecule is O=C(O)C(O)CCn1cnnc1C1CC=CC1. The third kappa shape index (κ3) is 2.71. The smallest absolute Gasteiger partial charge is 0.332 e. The summed E-state index contributed by atoms with van der Waals surface area (Å²) in [7, 11) is 0. The minimum atomic E-state index is -1.33. The van der Waals surface area contributed by atoms with Crippen LogP contribution in [0.1, 0.15) is 31.0 Å². The Balaban J connectivity index is 1.97. The summed E-state index contributed by atoms with van der Waals surface area (Å²) < 4.78 is 1.82. The molecule has 1 heterocycles. The Labute approximate surface area is 98.6 Å². The third-order valence-electron chi connectivity index (χ3n) is 2.95. The summed E-state index contributed by atoms with van der Waals surface area (Å²) >= 11 is 0. The van der Waals surface area contributed by atoms with Gasteiger partial charge in [-0.15, -0.1) is 10.2 Å². The Morgan fingerprint density at radius 2 is 2.24 bits per heavy atom. The van der Waals surface area contributed by atoms with E-state index in [-0.39, 0.29) is 6.42 Å². The van der Waals surface area contributed by atoms with Crippen LogP contribution in [-0.4, -0.2) is 37.1 Å². The van der Waals surface area contributed by atoms with Crippen molar-refractivity contribution in [3.63, 3.8) is 0 Å². The number of aliphatic hydroxyl groups is 1. The lowest BCUT2D eigenvalue weighted by Crippen LogP contribution is -2.22. The highest BCUT2D eigenvalue weighted by molar-refractivity contribution is 5.71. The zero-order valence-corrected chi connectivity index (χ0v) is 9.36. The molecule has 1 aliphatic carbocycles. The maximum absolute atomic E-state index is 10.5. The van der Waals surface area contributed by atoms with Gasteiger partial charge in [-0.1, -0.05) is 12.2 Å². The number of carboxylic acids is 1. The number of allylic oxidation sites excluding steroid dienone is 2. The van der Waals surface area contributed by atoms with Crippen LogP contribution in [0.5, 0.6) is 0 Å². The molecule has 0 radical (unpaired) electrons. The van der Waals surface area contributed by atoms with Crippen molar-refractivity contribution in [1.29, 1.82) is 0 Å². The van der Waals surface area contributed by atoms with Crippen LogP contribution >= 0.6 is 0 Å². The summed E-state index contributed by atoms with van der Waals surface area (Å²) in [5, 5.41) is 25.7.